The van der Waals surface area contributed by atoms with Crippen molar-refractivity contribution in [2.45, 2.75) is 31.3 Å². The minimum absolute atomic E-state index is 0.108. The highest BCUT2D eigenvalue weighted by Crippen LogP contribution is 2.39. The predicted molar refractivity (Wildman–Crippen MR) is 88.2 cm³/mol. The number of nitrogens with two attached hydrogens (primary N) is 1. The standard InChI is InChI=1S/C17H18FN3O3/c18-13-5-11-14(6-15(13)20-4-3-10(20)7-19)21(9-1-2-9)8-12(16(11)22)17(23)24/h5-6,8-10H,1-4,7,19H2,(H,23,24)/t10-/m0/s1. The molecular formula is C17H18FN3O3. The third kappa shape index (κ3) is 2.19. The van der Waals surface area contributed by atoms with E-state index < -0.39 is 17.2 Å². The molecule has 4 rings (SSSR count). The van der Waals surface area contributed by atoms with Crippen LogP contribution in [0.4, 0.5) is 10.1 Å². The first-order chi connectivity index (χ1) is 11.5. The molecule has 1 atom stereocenters. The predicted octanol–water partition coefficient (Wildman–Crippen LogP) is 1.71. The van der Waals surface area contributed by atoms with Crippen LogP contribution in [-0.2, 0) is 0 Å². The first-order valence-electron chi connectivity index (χ1n) is 8.09. The lowest BCUT2D eigenvalue weighted by Crippen LogP contribution is -2.52. The van der Waals surface area contributed by atoms with Crippen LogP contribution in [0, 0.1) is 5.82 Å². The molecule has 6 nitrogen and oxygen atoms in total. The van der Waals surface area contributed by atoms with E-state index in [1.54, 1.807) is 10.6 Å². The van der Waals surface area contributed by atoms with Gasteiger partial charge in [0.05, 0.1) is 11.2 Å². The van der Waals surface area contributed by atoms with Crippen molar-refractivity contribution in [1.29, 1.82) is 0 Å². The van der Waals surface area contributed by atoms with Crippen molar-refractivity contribution in [2.75, 3.05) is 18.0 Å². The van der Waals surface area contributed by atoms with E-state index in [0.717, 1.165) is 25.8 Å². The number of carboxylic acid groups (broad SMARTS) is 1. The number of carboxylic acids is 1. The van der Waals surface area contributed by atoms with Gasteiger partial charge in [-0.25, -0.2) is 9.18 Å². The second-order valence-corrected chi connectivity index (χ2v) is 6.51. The van der Waals surface area contributed by atoms with E-state index in [1.165, 1.54) is 12.3 Å². The molecule has 0 unspecified atom stereocenters. The summed E-state index contributed by atoms with van der Waals surface area (Å²) in [6.07, 6.45) is 4.17. The van der Waals surface area contributed by atoms with Crippen LogP contribution >= 0.6 is 0 Å². The molecule has 1 aromatic carbocycles. The van der Waals surface area contributed by atoms with Crippen LogP contribution in [0.25, 0.3) is 10.9 Å². The molecule has 1 aliphatic heterocycles. The molecule has 0 bridgehead atoms. The lowest BCUT2D eigenvalue weighted by Gasteiger charge is -2.42. The molecule has 1 saturated carbocycles. The molecule has 3 N–H and O–H groups in total. The molecule has 1 aliphatic carbocycles. The number of rotatable bonds is 4. The van der Waals surface area contributed by atoms with Crippen molar-refractivity contribution in [3.05, 3.63) is 39.9 Å². The van der Waals surface area contributed by atoms with Gasteiger partial charge < -0.3 is 20.3 Å². The number of benzene rings is 1. The van der Waals surface area contributed by atoms with Crippen LogP contribution in [0.3, 0.4) is 0 Å². The van der Waals surface area contributed by atoms with E-state index in [-0.39, 0.29) is 23.0 Å². The number of nitrogens with zero attached hydrogens (tertiary/aromatic N) is 2. The molecular weight excluding hydrogens is 313 g/mol. The van der Waals surface area contributed by atoms with Crippen LogP contribution in [0.2, 0.25) is 0 Å². The molecule has 2 heterocycles. The van der Waals surface area contributed by atoms with Crippen LogP contribution < -0.4 is 16.1 Å². The smallest absolute Gasteiger partial charge is 0.341 e. The van der Waals surface area contributed by atoms with Crippen LogP contribution in [0.5, 0.6) is 0 Å². The molecule has 2 aliphatic rings. The summed E-state index contributed by atoms with van der Waals surface area (Å²) >= 11 is 0. The molecule has 2 aromatic rings. The maximum Gasteiger partial charge on any atom is 0.341 e. The third-order valence-corrected chi connectivity index (χ3v) is 5.00. The minimum Gasteiger partial charge on any atom is -0.477 e. The molecule has 2 fully saturated rings. The number of hydrogen-bond donors (Lipinski definition) is 2. The molecule has 24 heavy (non-hydrogen) atoms. The Morgan fingerprint density at radius 3 is 2.62 bits per heavy atom. The average Bonchev–Trinajstić information content (AvgIpc) is 3.33. The topological polar surface area (TPSA) is 88.6 Å². The number of halogens is 1. The zero-order valence-electron chi connectivity index (χ0n) is 13.0. The first-order valence-corrected chi connectivity index (χ1v) is 8.09. The summed E-state index contributed by atoms with van der Waals surface area (Å²) < 4.78 is 16.4. The summed E-state index contributed by atoms with van der Waals surface area (Å²) in [4.78, 5) is 25.6. The Labute approximate surface area is 137 Å². The van der Waals surface area contributed by atoms with Gasteiger partial charge in [-0.3, -0.25) is 4.79 Å². The monoisotopic (exact) mass is 331 g/mol. The van der Waals surface area contributed by atoms with E-state index in [2.05, 4.69) is 0 Å². The third-order valence-electron chi connectivity index (χ3n) is 5.00. The van der Waals surface area contributed by atoms with E-state index in [1.807, 2.05) is 4.90 Å². The Balaban J connectivity index is 1.96. The Hall–Kier alpha value is -2.41. The fourth-order valence-corrected chi connectivity index (χ4v) is 3.39. The summed E-state index contributed by atoms with van der Waals surface area (Å²) in [5.74, 6) is -1.80. The van der Waals surface area contributed by atoms with Crippen molar-refractivity contribution < 1.29 is 14.3 Å². The molecule has 0 amide bonds. The highest BCUT2D eigenvalue weighted by molar-refractivity contribution is 5.93. The largest absolute Gasteiger partial charge is 0.477 e. The highest BCUT2D eigenvalue weighted by Gasteiger charge is 2.31. The molecule has 1 saturated heterocycles. The van der Waals surface area contributed by atoms with Crippen molar-refractivity contribution in [3.63, 3.8) is 0 Å². The maximum absolute atomic E-state index is 14.6. The van der Waals surface area contributed by atoms with Gasteiger partial charge in [-0.15, -0.1) is 0 Å². The molecule has 7 heteroatoms. The van der Waals surface area contributed by atoms with Gasteiger partial charge in [-0.2, -0.15) is 0 Å². The lowest BCUT2D eigenvalue weighted by molar-refractivity contribution is 0.0695. The summed E-state index contributed by atoms with van der Waals surface area (Å²) in [5.41, 5.74) is 5.77. The first kappa shape index (κ1) is 15.1. The number of fused-ring (bicyclic) bond motifs is 1. The van der Waals surface area contributed by atoms with Gasteiger partial charge in [-0.1, -0.05) is 0 Å². The van der Waals surface area contributed by atoms with Crippen LogP contribution in [0.1, 0.15) is 35.7 Å². The van der Waals surface area contributed by atoms with Crippen LogP contribution in [0.15, 0.2) is 23.1 Å². The normalized spacial score (nSPS) is 20.2. The number of aromatic carboxylic acids is 1. The number of pyridine rings is 1. The highest BCUT2D eigenvalue weighted by atomic mass is 19.1. The quantitative estimate of drug-likeness (QED) is 0.890. The van der Waals surface area contributed by atoms with Crippen LogP contribution in [-0.4, -0.2) is 34.8 Å². The van der Waals surface area contributed by atoms with Crippen molar-refractivity contribution in [3.8, 4) is 0 Å². The SMILES string of the molecule is NC[C@@H]1CCN1c1cc2c(cc1F)c(=O)c(C(=O)O)cn2C1CC1. The van der Waals surface area contributed by atoms with Gasteiger partial charge >= 0.3 is 5.97 Å². The molecule has 0 radical (unpaired) electrons. The van der Waals surface area contributed by atoms with Gasteiger partial charge in [0.25, 0.3) is 0 Å². The molecule has 0 spiro atoms. The van der Waals surface area contributed by atoms with Gasteiger partial charge in [-0.05, 0) is 31.4 Å². The van der Waals surface area contributed by atoms with E-state index in [9.17, 15) is 19.1 Å². The summed E-state index contributed by atoms with van der Waals surface area (Å²) in [6, 6.07) is 3.12. The number of carbonyl (C=O) groups is 1. The fourth-order valence-electron chi connectivity index (χ4n) is 3.39. The number of anilines is 1. The maximum atomic E-state index is 14.6. The van der Waals surface area contributed by atoms with Crippen molar-refractivity contribution in [2.24, 2.45) is 5.73 Å². The molecule has 126 valence electrons. The Morgan fingerprint density at radius 1 is 1.33 bits per heavy atom. The second-order valence-electron chi connectivity index (χ2n) is 6.51. The number of aromatic nitrogens is 1. The van der Waals surface area contributed by atoms with Gasteiger partial charge in [0, 0.05) is 36.8 Å². The average molecular weight is 331 g/mol. The molecule has 1 aromatic heterocycles. The van der Waals surface area contributed by atoms with E-state index >= 15 is 0 Å². The summed E-state index contributed by atoms with van der Waals surface area (Å²) in [6.45, 7) is 1.18. The van der Waals surface area contributed by atoms with Crippen molar-refractivity contribution in [1.82, 2.24) is 4.57 Å². The number of hydrogen-bond acceptors (Lipinski definition) is 4. The summed E-state index contributed by atoms with van der Waals surface area (Å²) in [7, 11) is 0. The van der Waals surface area contributed by atoms with Gasteiger partial charge in [0.2, 0.25) is 5.43 Å². The Bertz CT molecular complexity index is 902. The Morgan fingerprint density at radius 2 is 2.08 bits per heavy atom. The zero-order chi connectivity index (χ0) is 17.0. The van der Waals surface area contributed by atoms with Crippen molar-refractivity contribution >= 4 is 22.6 Å². The summed E-state index contributed by atoms with van der Waals surface area (Å²) in [5, 5.41) is 9.37. The van der Waals surface area contributed by atoms with E-state index in [0.29, 0.717) is 17.7 Å². The van der Waals surface area contributed by atoms with Gasteiger partial charge in [0.1, 0.15) is 11.4 Å². The van der Waals surface area contributed by atoms with E-state index in [4.69, 9.17) is 5.73 Å². The lowest BCUT2D eigenvalue weighted by atomic mass is 10.0. The fraction of sp³-hybridized carbons (Fsp3) is 0.412. The Kier molecular flexibility index (Phi) is 3.35. The van der Waals surface area contributed by atoms with Gasteiger partial charge in [0.15, 0.2) is 0 Å². The minimum atomic E-state index is -1.29. The second kappa shape index (κ2) is 5.31. The zero-order valence-corrected chi connectivity index (χ0v) is 13.0.